The predicted octanol–water partition coefficient (Wildman–Crippen LogP) is 8.57. The summed E-state index contributed by atoms with van der Waals surface area (Å²) in [4.78, 5) is 13.0. The number of carbonyl (C=O) groups excluding carboxylic acids is 1. The molecule has 0 fully saturated rings. The Morgan fingerprint density at radius 1 is 0.559 bits per heavy atom. The highest BCUT2D eigenvalue weighted by molar-refractivity contribution is 6.09. The first-order valence-corrected chi connectivity index (χ1v) is 11.2. The molecule has 0 atom stereocenters. The first kappa shape index (κ1) is 22.8. The Kier molecular flexibility index (Phi) is 7.36. The van der Waals surface area contributed by atoms with Crippen LogP contribution in [0.2, 0.25) is 0 Å². The highest BCUT2D eigenvalue weighted by Crippen LogP contribution is 2.28. The van der Waals surface area contributed by atoms with Gasteiger partial charge < -0.3 is 9.47 Å². The Hall–Kier alpha value is -4.37. The molecule has 4 aromatic rings. The minimum Gasteiger partial charge on any atom is -0.457 e. The van der Waals surface area contributed by atoms with Crippen LogP contribution in [0.4, 0.5) is 0 Å². The minimum absolute atomic E-state index is 0.0540. The van der Waals surface area contributed by atoms with Crippen molar-refractivity contribution in [3.05, 3.63) is 131 Å². The summed E-state index contributed by atoms with van der Waals surface area (Å²) in [6.45, 7) is 3.94. The lowest BCUT2D eigenvalue weighted by atomic mass is 10.0. The van der Waals surface area contributed by atoms with Gasteiger partial charge in [-0.25, -0.2) is 0 Å². The molecule has 0 aliphatic heterocycles. The molecule has 4 aromatic carbocycles. The zero-order chi connectivity index (χ0) is 23.8. The third-order valence-electron chi connectivity index (χ3n) is 5.22. The van der Waals surface area contributed by atoms with Crippen LogP contribution in [0.1, 0.15) is 40.9 Å². The number of hydrogen-bond acceptors (Lipinski definition) is 3. The SMILES string of the molecule is CC=Cc1ccccc1Oc1ccc(C(=O)c2ccc(Oc3ccccc3/C=C\C)cc2)cc1. The van der Waals surface area contributed by atoms with Crippen molar-refractivity contribution < 1.29 is 14.3 Å². The number of rotatable bonds is 8. The smallest absolute Gasteiger partial charge is 0.193 e. The summed E-state index contributed by atoms with van der Waals surface area (Å²) in [5, 5.41) is 0. The monoisotopic (exact) mass is 446 g/mol. The molecule has 0 saturated carbocycles. The number of benzene rings is 4. The van der Waals surface area contributed by atoms with Gasteiger partial charge in [-0.15, -0.1) is 0 Å². The molecule has 0 heterocycles. The maximum Gasteiger partial charge on any atom is 0.193 e. The highest BCUT2D eigenvalue weighted by atomic mass is 16.5. The van der Waals surface area contributed by atoms with Gasteiger partial charge >= 0.3 is 0 Å². The molecule has 0 aromatic heterocycles. The second kappa shape index (κ2) is 11.0. The molecule has 0 saturated heterocycles. The Morgan fingerprint density at radius 3 is 1.32 bits per heavy atom. The van der Waals surface area contributed by atoms with E-state index in [-0.39, 0.29) is 5.78 Å². The van der Waals surface area contributed by atoms with Crippen LogP contribution in [-0.4, -0.2) is 5.78 Å². The largest absolute Gasteiger partial charge is 0.457 e. The molecule has 0 N–H and O–H groups in total. The van der Waals surface area contributed by atoms with Gasteiger partial charge in [-0.2, -0.15) is 0 Å². The first-order chi connectivity index (χ1) is 16.7. The number of allylic oxidation sites excluding steroid dienone is 2. The lowest BCUT2D eigenvalue weighted by molar-refractivity contribution is 0.103. The maximum absolute atomic E-state index is 13.0. The number of hydrogen-bond donors (Lipinski definition) is 0. The molecule has 0 spiro atoms. The van der Waals surface area contributed by atoms with Crippen LogP contribution in [0.15, 0.2) is 109 Å². The van der Waals surface area contributed by atoms with E-state index < -0.39 is 0 Å². The molecule has 0 bridgehead atoms. The van der Waals surface area contributed by atoms with Gasteiger partial charge in [0.25, 0.3) is 0 Å². The summed E-state index contributed by atoms with van der Waals surface area (Å²) in [5.41, 5.74) is 3.20. The van der Waals surface area contributed by atoms with Crippen molar-refractivity contribution >= 4 is 17.9 Å². The summed E-state index contributed by atoms with van der Waals surface area (Å²) < 4.78 is 12.0. The Bertz CT molecular complexity index is 1210. The van der Waals surface area contributed by atoms with Crippen LogP contribution >= 0.6 is 0 Å². The molecular formula is C31H26O3. The van der Waals surface area contributed by atoms with Crippen molar-refractivity contribution in [2.45, 2.75) is 13.8 Å². The summed E-state index contributed by atoms with van der Waals surface area (Å²) in [6, 6.07) is 30.1. The Labute approximate surface area is 200 Å². The summed E-state index contributed by atoms with van der Waals surface area (Å²) in [6.07, 6.45) is 7.95. The van der Waals surface area contributed by atoms with Crippen molar-refractivity contribution in [3.8, 4) is 23.0 Å². The van der Waals surface area contributed by atoms with E-state index in [0.717, 1.165) is 22.6 Å². The van der Waals surface area contributed by atoms with Crippen LogP contribution in [0, 0.1) is 0 Å². The van der Waals surface area contributed by atoms with Crippen LogP contribution in [0.3, 0.4) is 0 Å². The van der Waals surface area contributed by atoms with Crippen LogP contribution in [0.25, 0.3) is 12.2 Å². The summed E-state index contributed by atoms with van der Waals surface area (Å²) >= 11 is 0. The average molecular weight is 447 g/mol. The molecule has 4 rings (SSSR count). The molecule has 0 unspecified atom stereocenters. The van der Waals surface area contributed by atoms with E-state index in [0.29, 0.717) is 22.6 Å². The highest BCUT2D eigenvalue weighted by Gasteiger charge is 2.11. The van der Waals surface area contributed by atoms with Crippen molar-refractivity contribution in [1.82, 2.24) is 0 Å². The minimum atomic E-state index is -0.0540. The number of ether oxygens (including phenoxy) is 2. The fourth-order valence-electron chi connectivity index (χ4n) is 3.55. The van der Waals surface area contributed by atoms with Gasteiger partial charge in [-0.05, 0) is 74.5 Å². The van der Waals surface area contributed by atoms with Crippen molar-refractivity contribution in [2.24, 2.45) is 0 Å². The van der Waals surface area contributed by atoms with Gasteiger partial charge in [0.15, 0.2) is 5.78 Å². The number of carbonyl (C=O) groups is 1. The third kappa shape index (κ3) is 5.51. The van der Waals surface area contributed by atoms with Gasteiger partial charge in [0, 0.05) is 22.3 Å². The standard InChI is InChI=1S/C31H26O3/c1-3-9-23-11-5-7-13-29(23)33-27-19-15-25(16-20-27)31(32)26-17-21-28(22-18-26)34-30-14-8-6-12-24(30)10-4-2/h3-22H,1-2H3/b9-3-,10-4?. The van der Waals surface area contributed by atoms with E-state index in [2.05, 4.69) is 0 Å². The zero-order valence-electron chi connectivity index (χ0n) is 19.3. The quantitative estimate of drug-likeness (QED) is 0.254. The fourth-order valence-corrected chi connectivity index (χ4v) is 3.55. The molecule has 3 heteroatoms. The van der Waals surface area contributed by atoms with E-state index in [1.165, 1.54) is 0 Å². The Morgan fingerprint density at radius 2 is 0.941 bits per heavy atom. The first-order valence-electron chi connectivity index (χ1n) is 11.2. The molecule has 0 amide bonds. The van der Waals surface area contributed by atoms with E-state index in [9.17, 15) is 4.79 Å². The molecule has 3 nitrogen and oxygen atoms in total. The van der Waals surface area contributed by atoms with Gasteiger partial charge in [0.1, 0.15) is 23.0 Å². The van der Waals surface area contributed by atoms with Crippen molar-refractivity contribution in [2.75, 3.05) is 0 Å². The van der Waals surface area contributed by atoms with Crippen LogP contribution in [-0.2, 0) is 0 Å². The maximum atomic E-state index is 13.0. The number of ketones is 1. The summed E-state index contributed by atoms with van der Waals surface area (Å²) in [7, 11) is 0. The third-order valence-corrected chi connectivity index (χ3v) is 5.22. The van der Waals surface area contributed by atoms with E-state index in [4.69, 9.17) is 9.47 Å². The second-order valence-corrected chi connectivity index (χ2v) is 7.66. The second-order valence-electron chi connectivity index (χ2n) is 7.66. The van der Waals surface area contributed by atoms with Crippen molar-refractivity contribution in [3.63, 3.8) is 0 Å². The van der Waals surface area contributed by atoms with Gasteiger partial charge in [0.05, 0.1) is 0 Å². The summed E-state index contributed by atoms with van der Waals surface area (Å²) in [5.74, 6) is 2.84. The van der Waals surface area contributed by atoms with E-state index in [1.807, 2.05) is 111 Å². The average Bonchev–Trinajstić information content (AvgIpc) is 2.87. The van der Waals surface area contributed by atoms with E-state index in [1.54, 1.807) is 24.3 Å². The molecule has 0 radical (unpaired) electrons. The van der Waals surface area contributed by atoms with Crippen LogP contribution in [0.5, 0.6) is 23.0 Å². The fraction of sp³-hybridized carbons (Fsp3) is 0.0645. The molecule has 0 aliphatic carbocycles. The zero-order valence-corrected chi connectivity index (χ0v) is 19.3. The van der Waals surface area contributed by atoms with E-state index >= 15 is 0 Å². The number of para-hydroxylation sites is 2. The molecule has 34 heavy (non-hydrogen) atoms. The molecule has 0 aliphatic rings. The topological polar surface area (TPSA) is 35.5 Å². The van der Waals surface area contributed by atoms with Crippen LogP contribution < -0.4 is 9.47 Å². The molecular weight excluding hydrogens is 420 g/mol. The van der Waals surface area contributed by atoms with Gasteiger partial charge in [-0.1, -0.05) is 60.7 Å². The molecule has 168 valence electrons. The lowest BCUT2D eigenvalue weighted by Crippen LogP contribution is -2.01. The normalized spacial score (nSPS) is 11.1. The van der Waals surface area contributed by atoms with Crippen molar-refractivity contribution in [1.29, 1.82) is 0 Å². The Balaban J connectivity index is 1.45. The van der Waals surface area contributed by atoms with Gasteiger partial charge in [-0.3, -0.25) is 4.79 Å². The van der Waals surface area contributed by atoms with Gasteiger partial charge in [0.2, 0.25) is 0 Å². The predicted molar refractivity (Wildman–Crippen MR) is 139 cm³/mol. The lowest BCUT2D eigenvalue weighted by Gasteiger charge is -2.10.